The smallest absolute Gasteiger partial charge is 0.0751 e. The Balaban J connectivity index is 1.57. The van der Waals surface area contributed by atoms with E-state index in [1.54, 1.807) is 0 Å². The van der Waals surface area contributed by atoms with Gasteiger partial charge in [0.05, 0.1) is 5.41 Å². The summed E-state index contributed by atoms with van der Waals surface area (Å²) in [5.41, 5.74) is 10.1. The van der Waals surface area contributed by atoms with Crippen molar-refractivity contribution in [1.29, 1.82) is 0 Å². The zero-order valence-electron chi connectivity index (χ0n) is 21.2. The number of benzene rings is 6. The number of hydrogen-bond acceptors (Lipinski definition) is 2. The molecule has 6 aromatic carbocycles. The number of rotatable bonds is 2. The second-order valence-corrected chi connectivity index (χ2v) is 12.2. The maximum absolute atomic E-state index is 2.38. The molecule has 0 amide bonds. The van der Waals surface area contributed by atoms with Crippen LogP contribution in [0.1, 0.15) is 22.3 Å². The molecular formula is C37H24S2. The highest BCUT2D eigenvalue weighted by molar-refractivity contribution is 8.00. The van der Waals surface area contributed by atoms with Crippen molar-refractivity contribution in [1.82, 2.24) is 0 Å². The van der Waals surface area contributed by atoms with Crippen molar-refractivity contribution >= 4 is 23.5 Å². The van der Waals surface area contributed by atoms with E-state index in [9.17, 15) is 0 Å². The van der Waals surface area contributed by atoms with Crippen molar-refractivity contribution < 1.29 is 0 Å². The summed E-state index contributed by atoms with van der Waals surface area (Å²) in [6.07, 6.45) is 0. The highest BCUT2D eigenvalue weighted by Gasteiger charge is 2.50. The van der Waals surface area contributed by atoms with Gasteiger partial charge in [-0.25, -0.2) is 0 Å². The summed E-state index contributed by atoms with van der Waals surface area (Å²) in [5, 5.41) is 0. The molecule has 2 heteroatoms. The van der Waals surface area contributed by atoms with Gasteiger partial charge in [-0.15, -0.1) is 0 Å². The van der Waals surface area contributed by atoms with Gasteiger partial charge in [-0.05, 0) is 62.7 Å². The van der Waals surface area contributed by atoms with Gasteiger partial charge in [0.15, 0.2) is 0 Å². The lowest BCUT2D eigenvalue weighted by molar-refractivity contribution is 0.669. The fraction of sp³-hybridized carbons (Fsp3) is 0.0270. The SMILES string of the molecule is c1ccc(-c2cccc3c2Sc2cccc(-c4ccccc4)c2C32c3ccccc3Sc3ccccc32)cc1. The lowest BCUT2D eigenvalue weighted by Crippen LogP contribution is -2.37. The summed E-state index contributed by atoms with van der Waals surface area (Å²) in [6.45, 7) is 0. The summed E-state index contributed by atoms with van der Waals surface area (Å²) in [4.78, 5) is 5.32. The van der Waals surface area contributed by atoms with Crippen LogP contribution in [0.4, 0.5) is 0 Å². The summed E-state index contributed by atoms with van der Waals surface area (Å²) in [5.74, 6) is 0. The Kier molecular flexibility index (Phi) is 5.33. The van der Waals surface area contributed by atoms with Crippen LogP contribution in [0, 0.1) is 0 Å². The minimum absolute atomic E-state index is 0.439. The van der Waals surface area contributed by atoms with Crippen molar-refractivity contribution in [3.05, 3.63) is 168 Å². The van der Waals surface area contributed by atoms with Gasteiger partial charge < -0.3 is 0 Å². The number of hydrogen-bond donors (Lipinski definition) is 0. The van der Waals surface area contributed by atoms with Crippen LogP contribution >= 0.6 is 23.5 Å². The molecule has 0 atom stereocenters. The van der Waals surface area contributed by atoms with Crippen LogP contribution in [0.5, 0.6) is 0 Å². The Labute approximate surface area is 237 Å². The normalized spacial score (nSPS) is 14.2. The summed E-state index contributed by atoms with van der Waals surface area (Å²) in [6, 6.07) is 53.6. The predicted molar refractivity (Wildman–Crippen MR) is 164 cm³/mol. The van der Waals surface area contributed by atoms with E-state index < -0.39 is 5.41 Å². The van der Waals surface area contributed by atoms with Crippen LogP contribution in [-0.2, 0) is 5.41 Å². The van der Waals surface area contributed by atoms with Gasteiger partial charge in [-0.2, -0.15) is 0 Å². The molecule has 39 heavy (non-hydrogen) atoms. The molecule has 2 heterocycles. The molecule has 2 aliphatic rings. The molecule has 0 N–H and O–H groups in total. The average Bonchev–Trinajstić information content (AvgIpc) is 3.01. The third-order valence-corrected chi connectivity index (χ3v) is 10.4. The van der Waals surface area contributed by atoms with Gasteiger partial charge in [0.1, 0.15) is 0 Å². The monoisotopic (exact) mass is 532 g/mol. The molecule has 0 aliphatic carbocycles. The highest BCUT2D eigenvalue weighted by atomic mass is 32.2. The molecule has 0 nitrogen and oxygen atoms in total. The van der Waals surface area contributed by atoms with E-state index in [0.717, 1.165) is 0 Å². The van der Waals surface area contributed by atoms with Crippen molar-refractivity contribution in [3.63, 3.8) is 0 Å². The van der Waals surface area contributed by atoms with Gasteiger partial charge in [-0.3, -0.25) is 0 Å². The van der Waals surface area contributed by atoms with Crippen molar-refractivity contribution in [2.24, 2.45) is 0 Å². The molecule has 0 saturated carbocycles. The molecule has 0 fully saturated rings. The van der Waals surface area contributed by atoms with Crippen LogP contribution < -0.4 is 0 Å². The quantitative estimate of drug-likeness (QED) is 0.217. The maximum Gasteiger partial charge on any atom is 0.0751 e. The van der Waals surface area contributed by atoms with E-state index in [2.05, 4.69) is 146 Å². The van der Waals surface area contributed by atoms with Crippen molar-refractivity contribution in [2.75, 3.05) is 0 Å². The Morgan fingerprint density at radius 1 is 0.359 bits per heavy atom. The van der Waals surface area contributed by atoms with Gasteiger partial charge in [0, 0.05) is 19.6 Å². The van der Waals surface area contributed by atoms with E-state index in [4.69, 9.17) is 0 Å². The minimum atomic E-state index is -0.439. The van der Waals surface area contributed by atoms with Crippen LogP contribution in [-0.4, -0.2) is 0 Å². The van der Waals surface area contributed by atoms with Crippen LogP contribution in [0.2, 0.25) is 0 Å². The molecule has 1 spiro atoms. The van der Waals surface area contributed by atoms with E-state index in [1.807, 2.05) is 23.5 Å². The molecule has 6 aromatic rings. The molecule has 0 aromatic heterocycles. The van der Waals surface area contributed by atoms with Gasteiger partial charge >= 0.3 is 0 Å². The Hall–Kier alpha value is -3.98. The summed E-state index contributed by atoms with van der Waals surface area (Å²) < 4.78 is 0. The second-order valence-electron chi connectivity index (χ2n) is 10.0. The molecule has 184 valence electrons. The first-order valence-corrected chi connectivity index (χ1v) is 14.9. The third kappa shape index (κ3) is 3.35. The molecule has 0 radical (unpaired) electrons. The lowest BCUT2D eigenvalue weighted by Gasteiger charge is -2.47. The fourth-order valence-electron chi connectivity index (χ4n) is 6.45. The average molecular weight is 533 g/mol. The topological polar surface area (TPSA) is 0 Å². The first-order valence-electron chi connectivity index (χ1n) is 13.3. The standard InChI is InChI=1S/C37H24S2/c1-3-13-25(14-4-1)27-17-12-24-34-35(27)37(29-19-7-9-22-32(29)38-33-23-10-8-20-30(33)37)31-21-11-18-28(36(31)39-34)26-15-5-2-6-16-26/h1-24H. The third-order valence-electron chi connectivity index (χ3n) is 8.00. The molecule has 8 rings (SSSR count). The van der Waals surface area contributed by atoms with Gasteiger partial charge in [0.25, 0.3) is 0 Å². The molecule has 0 unspecified atom stereocenters. The minimum Gasteiger partial charge on any atom is -0.0894 e. The molecule has 2 aliphatic heterocycles. The maximum atomic E-state index is 2.38. The Morgan fingerprint density at radius 2 is 0.846 bits per heavy atom. The lowest BCUT2D eigenvalue weighted by atomic mass is 9.62. The van der Waals surface area contributed by atoms with Gasteiger partial charge in [-0.1, -0.05) is 151 Å². The first-order chi connectivity index (χ1) is 19.4. The zero-order chi connectivity index (χ0) is 25.8. The largest absolute Gasteiger partial charge is 0.0894 e. The van der Waals surface area contributed by atoms with Gasteiger partial charge in [0.2, 0.25) is 0 Å². The van der Waals surface area contributed by atoms with E-state index in [0.29, 0.717) is 0 Å². The fourth-order valence-corrected chi connectivity index (χ4v) is 9.00. The zero-order valence-corrected chi connectivity index (χ0v) is 22.8. The van der Waals surface area contributed by atoms with Crippen molar-refractivity contribution in [3.8, 4) is 22.3 Å². The van der Waals surface area contributed by atoms with E-state index in [-0.39, 0.29) is 0 Å². The first kappa shape index (κ1) is 23.0. The molecule has 0 bridgehead atoms. The van der Waals surface area contributed by atoms with Crippen molar-refractivity contribution in [2.45, 2.75) is 25.0 Å². The van der Waals surface area contributed by atoms with Crippen LogP contribution in [0.3, 0.4) is 0 Å². The predicted octanol–water partition coefficient (Wildman–Crippen LogP) is 10.3. The summed E-state index contributed by atoms with van der Waals surface area (Å²) in [7, 11) is 0. The Morgan fingerprint density at radius 3 is 1.51 bits per heavy atom. The second kappa shape index (κ2) is 9.05. The Bertz CT molecular complexity index is 1810. The van der Waals surface area contributed by atoms with E-state index >= 15 is 0 Å². The molecular weight excluding hydrogens is 509 g/mol. The van der Waals surface area contributed by atoms with E-state index in [1.165, 1.54) is 64.1 Å². The number of fused-ring (bicyclic) bond motifs is 8. The highest BCUT2D eigenvalue weighted by Crippen LogP contribution is 2.64. The molecule has 0 saturated heterocycles. The van der Waals surface area contributed by atoms with Crippen LogP contribution in [0.15, 0.2) is 165 Å². The van der Waals surface area contributed by atoms with Crippen LogP contribution in [0.25, 0.3) is 22.3 Å². The summed E-state index contributed by atoms with van der Waals surface area (Å²) >= 11 is 3.82.